The monoisotopic (exact) mass is 555 g/mol. The lowest BCUT2D eigenvalue weighted by molar-refractivity contribution is -0.119. The molecule has 0 saturated carbocycles. The van der Waals surface area contributed by atoms with Crippen molar-refractivity contribution < 1.29 is 19.1 Å². The van der Waals surface area contributed by atoms with E-state index in [-0.39, 0.29) is 24.6 Å². The van der Waals surface area contributed by atoms with E-state index in [1.165, 1.54) is 14.2 Å². The first kappa shape index (κ1) is 27.0. The summed E-state index contributed by atoms with van der Waals surface area (Å²) in [6.07, 6.45) is 3.68. The minimum atomic E-state index is -0.421. The third kappa shape index (κ3) is 5.18. The molecule has 2 atom stereocenters. The maximum atomic E-state index is 12.6. The molecule has 0 radical (unpaired) electrons. The van der Waals surface area contributed by atoms with E-state index in [9.17, 15) is 9.59 Å². The van der Waals surface area contributed by atoms with Gasteiger partial charge in [0.15, 0.2) is 5.11 Å². The van der Waals surface area contributed by atoms with Crippen LogP contribution >= 0.6 is 12.2 Å². The molecule has 2 aromatic heterocycles. The van der Waals surface area contributed by atoms with E-state index in [1.54, 1.807) is 12.3 Å². The summed E-state index contributed by atoms with van der Waals surface area (Å²) < 4.78 is 12.0. The number of hydrogen-bond acceptors (Lipinski definition) is 6. The fraction of sp³-hybridized carbons (Fsp3) is 0.200. The van der Waals surface area contributed by atoms with Gasteiger partial charge in [0.2, 0.25) is 5.91 Å². The van der Waals surface area contributed by atoms with Crippen molar-refractivity contribution in [3.05, 3.63) is 108 Å². The molecule has 0 unspecified atom stereocenters. The predicted octanol–water partition coefficient (Wildman–Crippen LogP) is 4.73. The summed E-state index contributed by atoms with van der Waals surface area (Å²) in [6, 6.07) is 22.2. The molecule has 40 heavy (non-hydrogen) atoms. The second kappa shape index (κ2) is 11.7. The number of para-hydroxylation sites is 1. The van der Waals surface area contributed by atoms with E-state index >= 15 is 0 Å². The Morgan fingerprint density at radius 3 is 2.58 bits per heavy atom. The van der Waals surface area contributed by atoms with Crippen molar-refractivity contribution in [2.75, 3.05) is 31.0 Å². The molecule has 0 bridgehead atoms. The van der Waals surface area contributed by atoms with Crippen molar-refractivity contribution in [2.24, 2.45) is 0 Å². The molecule has 1 saturated heterocycles. The van der Waals surface area contributed by atoms with E-state index in [1.807, 2.05) is 84.4 Å². The number of hydrogen-bond donors (Lipinski definition) is 2. The normalized spacial score (nSPS) is 16.5. The molecule has 4 aromatic rings. The van der Waals surface area contributed by atoms with E-state index in [2.05, 4.69) is 20.5 Å². The molecule has 1 aliphatic rings. The molecule has 3 heterocycles. The van der Waals surface area contributed by atoms with Crippen LogP contribution in [0.3, 0.4) is 0 Å². The molecule has 2 N–H and O–H groups in total. The lowest BCUT2D eigenvalue weighted by Crippen LogP contribution is -2.30. The highest BCUT2D eigenvalue weighted by Crippen LogP contribution is 2.43. The fourth-order valence-electron chi connectivity index (χ4n) is 5.01. The fourth-order valence-corrected chi connectivity index (χ4v) is 5.36. The molecule has 0 aliphatic carbocycles. The first-order valence-electron chi connectivity index (χ1n) is 12.7. The van der Waals surface area contributed by atoms with Crippen LogP contribution in [-0.2, 0) is 14.3 Å². The number of pyridine rings is 1. The lowest BCUT2D eigenvalue weighted by Gasteiger charge is -2.29. The number of aryl methyl sites for hydroxylation is 1. The van der Waals surface area contributed by atoms with Crippen molar-refractivity contribution in [1.82, 2.24) is 14.9 Å². The van der Waals surface area contributed by atoms with Gasteiger partial charge in [0.05, 0.1) is 30.1 Å². The average Bonchev–Trinajstić information content (AvgIpc) is 3.58. The Balaban J connectivity index is 1.62. The SMILES string of the molecule is COCC(=O)Nc1ccc(N2C(=S)N[C@@H](c3ccccn3)[C@H]2c2cccn2-c2ccccc2C(=O)OC)cc1C. The number of aromatic nitrogens is 2. The van der Waals surface area contributed by atoms with E-state index in [0.717, 1.165) is 22.6 Å². The quantitative estimate of drug-likeness (QED) is 0.238. The highest BCUT2D eigenvalue weighted by molar-refractivity contribution is 7.80. The number of ether oxygens (including phenoxy) is 2. The zero-order valence-corrected chi connectivity index (χ0v) is 23.1. The van der Waals surface area contributed by atoms with Crippen LogP contribution in [0.2, 0.25) is 0 Å². The Morgan fingerprint density at radius 1 is 1.05 bits per heavy atom. The molecule has 204 valence electrons. The molecule has 5 rings (SSSR count). The Bertz CT molecular complexity index is 1550. The smallest absolute Gasteiger partial charge is 0.339 e. The molecule has 0 spiro atoms. The van der Waals surface area contributed by atoms with Crippen LogP contribution in [-0.4, -0.2) is 47.4 Å². The zero-order valence-electron chi connectivity index (χ0n) is 22.3. The standard InChI is InChI=1S/C30H29N5O4S/c1-19-17-20(13-14-22(19)32-26(36)18-38-2)35-28(27(33-30(35)40)23-10-6-7-15-31-23)25-12-8-16-34(25)24-11-5-4-9-21(24)29(37)39-3/h4-17,27-28H,18H2,1-3H3,(H,32,36)(H,33,40)/t27-,28+/m0/s1. The number of methoxy groups -OCH3 is 2. The van der Waals surface area contributed by atoms with Crippen LogP contribution in [0.4, 0.5) is 11.4 Å². The van der Waals surface area contributed by atoms with Crippen molar-refractivity contribution in [3.63, 3.8) is 0 Å². The van der Waals surface area contributed by atoms with Gasteiger partial charge in [-0.1, -0.05) is 18.2 Å². The van der Waals surface area contributed by atoms with Gasteiger partial charge in [-0.3, -0.25) is 9.78 Å². The maximum Gasteiger partial charge on any atom is 0.339 e. The van der Waals surface area contributed by atoms with Crippen molar-refractivity contribution >= 4 is 40.6 Å². The number of nitrogens with zero attached hydrogens (tertiary/aromatic N) is 3. The molecule has 1 aliphatic heterocycles. The van der Waals surface area contributed by atoms with Gasteiger partial charge in [-0.2, -0.15) is 0 Å². The number of rotatable bonds is 8. The summed E-state index contributed by atoms with van der Waals surface area (Å²) in [6.45, 7) is 1.90. The van der Waals surface area contributed by atoms with Gasteiger partial charge in [-0.15, -0.1) is 0 Å². The second-order valence-corrected chi connectivity index (χ2v) is 9.68. The van der Waals surface area contributed by atoms with Gasteiger partial charge < -0.3 is 29.6 Å². The molecule has 1 fully saturated rings. The third-order valence-electron chi connectivity index (χ3n) is 6.79. The number of amides is 1. The minimum Gasteiger partial charge on any atom is -0.465 e. The molecule has 9 nitrogen and oxygen atoms in total. The van der Waals surface area contributed by atoms with Crippen LogP contribution in [0.5, 0.6) is 0 Å². The Hall–Kier alpha value is -4.54. The van der Waals surface area contributed by atoms with Crippen molar-refractivity contribution in [3.8, 4) is 5.69 Å². The van der Waals surface area contributed by atoms with Crippen LogP contribution in [0.15, 0.2) is 85.2 Å². The Morgan fingerprint density at radius 2 is 1.85 bits per heavy atom. The van der Waals surface area contributed by atoms with Gasteiger partial charge in [0, 0.05) is 36.6 Å². The van der Waals surface area contributed by atoms with Crippen molar-refractivity contribution in [2.45, 2.75) is 19.0 Å². The van der Waals surface area contributed by atoms with Gasteiger partial charge >= 0.3 is 5.97 Å². The zero-order chi connectivity index (χ0) is 28.2. The largest absolute Gasteiger partial charge is 0.465 e. The van der Waals surface area contributed by atoms with Gasteiger partial charge in [-0.05, 0) is 79.3 Å². The summed E-state index contributed by atoms with van der Waals surface area (Å²) in [4.78, 5) is 31.4. The summed E-state index contributed by atoms with van der Waals surface area (Å²) >= 11 is 5.89. The first-order chi connectivity index (χ1) is 19.4. The number of thiocarbonyl (C=S) groups is 1. The Labute approximate surface area is 237 Å². The summed E-state index contributed by atoms with van der Waals surface area (Å²) in [5, 5.41) is 6.88. The maximum absolute atomic E-state index is 12.6. The topological polar surface area (TPSA) is 97.7 Å². The lowest BCUT2D eigenvalue weighted by atomic mass is 10.00. The second-order valence-electron chi connectivity index (χ2n) is 9.29. The van der Waals surface area contributed by atoms with Gasteiger partial charge in [0.25, 0.3) is 0 Å². The highest BCUT2D eigenvalue weighted by atomic mass is 32.1. The predicted molar refractivity (Wildman–Crippen MR) is 157 cm³/mol. The van der Waals surface area contributed by atoms with Crippen molar-refractivity contribution in [1.29, 1.82) is 0 Å². The average molecular weight is 556 g/mol. The molecule has 1 amide bonds. The number of anilines is 2. The highest BCUT2D eigenvalue weighted by Gasteiger charge is 2.42. The van der Waals surface area contributed by atoms with Crippen LogP contribution in [0, 0.1) is 6.92 Å². The number of benzene rings is 2. The Kier molecular flexibility index (Phi) is 7.90. The molecular formula is C30H29N5O4S. The number of esters is 1. The van der Waals surface area contributed by atoms with E-state index in [4.69, 9.17) is 21.7 Å². The van der Waals surface area contributed by atoms with E-state index in [0.29, 0.717) is 22.1 Å². The van der Waals surface area contributed by atoms with Crippen LogP contribution < -0.4 is 15.5 Å². The summed E-state index contributed by atoms with van der Waals surface area (Å²) in [7, 11) is 2.85. The molecule has 10 heteroatoms. The summed E-state index contributed by atoms with van der Waals surface area (Å²) in [5.74, 6) is -0.651. The van der Waals surface area contributed by atoms with Gasteiger partial charge in [-0.25, -0.2) is 4.79 Å². The first-order valence-corrected chi connectivity index (χ1v) is 13.1. The number of nitrogens with one attached hydrogen (secondary N) is 2. The molecular weight excluding hydrogens is 526 g/mol. The molecule has 2 aromatic carbocycles. The van der Waals surface area contributed by atoms with E-state index < -0.39 is 5.97 Å². The number of carbonyl (C=O) groups is 2. The third-order valence-corrected chi connectivity index (χ3v) is 7.10. The van der Waals surface area contributed by atoms with Crippen LogP contribution in [0.1, 0.15) is 39.4 Å². The number of carbonyl (C=O) groups excluding carboxylic acids is 2. The minimum absolute atomic E-state index is 0.0286. The van der Waals surface area contributed by atoms with Gasteiger partial charge in [0.1, 0.15) is 12.6 Å². The van der Waals surface area contributed by atoms with Crippen LogP contribution in [0.25, 0.3) is 5.69 Å². The summed E-state index contributed by atoms with van der Waals surface area (Å²) in [5.41, 5.74) is 5.27.